The predicted octanol–water partition coefficient (Wildman–Crippen LogP) is 2.85. The molecule has 0 atom stereocenters. The van der Waals surface area contributed by atoms with Crippen molar-refractivity contribution in [1.82, 2.24) is 9.97 Å². The Hall–Kier alpha value is -2.40. The number of benzene rings is 1. The van der Waals surface area contributed by atoms with Crippen LogP contribution in [0.3, 0.4) is 0 Å². The van der Waals surface area contributed by atoms with E-state index in [0.717, 1.165) is 54.0 Å². The molecule has 112 valence electrons. The van der Waals surface area contributed by atoms with E-state index in [1.54, 1.807) is 6.26 Å². The summed E-state index contributed by atoms with van der Waals surface area (Å²) >= 11 is 0. The number of rotatable bonds is 2. The number of anilines is 1. The van der Waals surface area contributed by atoms with E-state index in [9.17, 15) is 5.11 Å². The second kappa shape index (κ2) is 5.42. The normalized spacial score (nSPS) is 16.3. The first-order valence-corrected chi connectivity index (χ1v) is 7.52. The Balaban J connectivity index is 1.58. The largest absolute Gasteiger partial charge is 0.464 e. The lowest BCUT2D eigenvalue weighted by atomic mass is 10.1. The summed E-state index contributed by atoms with van der Waals surface area (Å²) in [6.07, 6.45) is 6.78. The van der Waals surface area contributed by atoms with Gasteiger partial charge in [-0.1, -0.05) is 6.07 Å². The van der Waals surface area contributed by atoms with Gasteiger partial charge in [-0.05, 0) is 36.6 Å². The van der Waals surface area contributed by atoms with Gasteiger partial charge in [0.05, 0.1) is 12.4 Å². The van der Waals surface area contributed by atoms with Crippen LogP contribution in [0.1, 0.15) is 12.8 Å². The lowest BCUT2D eigenvalue weighted by Crippen LogP contribution is -2.36. The van der Waals surface area contributed by atoms with Gasteiger partial charge >= 0.3 is 0 Å². The van der Waals surface area contributed by atoms with Crippen molar-refractivity contribution in [1.29, 1.82) is 0 Å². The molecule has 2 aromatic heterocycles. The Morgan fingerprint density at radius 3 is 2.59 bits per heavy atom. The maximum absolute atomic E-state index is 9.56. The molecule has 1 aliphatic heterocycles. The van der Waals surface area contributed by atoms with E-state index in [4.69, 9.17) is 4.42 Å². The van der Waals surface area contributed by atoms with Crippen LogP contribution in [0.15, 0.2) is 47.3 Å². The Bertz CT molecular complexity index is 774. The SMILES string of the molecule is OC1CCN(c2ncc(-c3ccc4occc4c3)cn2)CC1. The first-order chi connectivity index (χ1) is 10.8. The van der Waals surface area contributed by atoms with E-state index in [1.807, 2.05) is 30.6 Å². The highest BCUT2D eigenvalue weighted by atomic mass is 16.3. The van der Waals surface area contributed by atoms with Gasteiger partial charge in [-0.3, -0.25) is 0 Å². The van der Waals surface area contributed by atoms with Gasteiger partial charge in [0.2, 0.25) is 5.95 Å². The van der Waals surface area contributed by atoms with E-state index < -0.39 is 0 Å². The zero-order chi connectivity index (χ0) is 14.9. The molecule has 0 aliphatic carbocycles. The van der Waals surface area contributed by atoms with Gasteiger partial charge in [-0.25, -0.2) is 9.97 Å². The number of hydrogen-bond acceptors (Lipinski definition) is 5. The van der Waals surface area contributed by atoms with Crippen molar-refractivity contribution in [3.63, 3.8) is 0 Å². The molecule has 0 radical (unpaired) electrons. The summed E-state index contributed by atoms with van der Waals surface area (Å²) in [7, 11) is 0. The summed E-state index contributed by atoms with van der Waals surface area (Å²) in [6, 6.07) is 8.01. The molecule has 0 saturated carbocycles. The molecule has 5 heteroatoms. The molecule has 22 heavy (non-hydrogen) atoms. The summed E-state index contributed by atoms with van der Waals surface area (Å²) in [6.45, 7) is 1.61. The Morgan fingerprint density at radius 1 is 1.05 bits per heavy atom. The fourth-order valence-corrected chi connectivity index (χ4v) is 2.85. The number of aromatic nitrogens is 2. The van der Waals surface area contributed by atoms with Crippen LogP contribution in [0.25, 0.3) is 22.1 Å². The van der Waals surface area contributed by atoms with Crippen LogP contribution in [0.4, 0.5) is 5.95 Å². The topological polar surface area (TPSA) is 62.4 Å². The highest BCUT2D eigenvalue weighted by Crippen LogP contribution is 2.25. The first-order valence-electron chi connectivity index (χ1n) is 7.52. The Labute approximate surface area is 128 Å². The number of piperidine rings is 1. The second-order valence-electron chi connectivity index (χ2n) is 5.66. The smallest absolute Gasteiger partial charge is 0.225 e. The molecule has 1 fully saturated rings. The van der Waals surface area contributed by atoms with E-state index >= 15 is 0 Å². The fourth-order valence-electron chi connectivity index (χ4n) is 2.85. The lowest BCUT2D eigenvalue weighted by molar-refractivity contribution is 0.145. The van der Waals surface area contributed by atoms with Gasteiger partial charge in [-0.2, -0.15) is 0 Å². The van der Waals surface area contributed by atoms with Crippen LogP contribution in [-0.2, 0) is 0 Å². The number of furan rings is 1. The minimum Gasteiger partial charge on any atom is -0.464 e. The fraction of sp³-hybridized carbons (Fsp3) is 0.294. The Morgan fingerprint density at radius 2 is 1.82 bits per heavy atom. The standard InChI is InChI=1S/C17H17N3O2/c21-15-3-6-20(7-4-15)17-18-10-14(11-19-17)12-1-2-16-13(9-12)5-8-22-16/h1-2,5,8-11,15,21H,3-4,6-7H2. The molecule has 3 aromatic rings. The van der Waals surface area contributed by atoms with Crippen LogP contribution < -0.4 is 4.90 Å². The van der Waals surface area contributed by atoms with Crippen LogP contribution in [-0.4, -0.2) is 34.3 Å². The summed E-state index contributed by atoms with van der Waals surface area (Å²) in [5.74, 6) is 0.736. The minimum absolute atomic E-state index is 0.183. The van der Waals surface area contributed by atoms with Crippen molar-refractivity contribution < 1.29 is 9.52 Å². The van der Waals surface area contributed by atoms with Crippen LogP contribution in [0.5, 0.6) is 0 Å². The highest BCUT2D eigenvalue weighted by Gasteiger charge is 2.18. The van der Waals surface area contributed by atoms with Gasteiger partial charge in [0.1, 0.15) is 5.58 Å². The summed E-state index contributed by atoms with van der Waals surface area (Å²) in [5, 5.41) is 10.6. The van der Waals surface area contributed by atoms with Gasteiger partial charge in [0, 0.05) is 36.4 Å². The van der Waals surface area contributed by atoms with E-state index in [2.05, 4.69) is 20.9 Å². The molecular formula is C17H17N3O2. The monoisotopic (exact) mass is 295 g/mol. The summed E-state index contributed by atoms with van der Waals surface area (Å²) in [5.41, 5.74) is 2.95. The van der Waals surface area contributed by atoms with Crippen molar-refractivity contribution in [3.05, 3.63) is 42.9 Å². The number of aliphatic hydroxyl groups is 1. The number of aliphatic hydroxyl groups excluding tert-OH is 1. The minimum atomic E-state index is -0.183. The molecule has 1 aromatic carbocycles. The molecule has 0 bridgehead atoms. The van der Waals surface area contributed by atoms with Gasteiger partial charge in [-0.15, -0.1) is 0 Å². The third-order valence-corrected chi connectivity index (χ3v) is 4.17. The van der Waals surface area contributed by atoms with E-state index in [-0.39, 0.29) is 6.10 Å². The van der Waals surface area contributed by atoms with Crippen molar-refractivity contribution >= 4 is 16.9 Å². The second-order valence-corrected chi connectivity index (χ2v) is 5.66. The van der Waals surface area contributed by atoms with Crippen molar-refractivity contribution in [2.45, 2.75) is 18.9 Å². The number of hydrogen-bond donors (Lipinski definition) is 1. The average Bonchev–Trinajstić information content (AvgIpc) is 3.03. The maximum atomic E-state index is 9.56. The molecule has 3 heterocycles. The number of fused-ring (bicyclic) bond motifs is 1. The molecule has 0 spiro atoms. The molecule has 5 nitrogen and oxygen atoms in total. The van der Waals surface area contributed by atoms with Crippen LogP contribution in [0.2, 0.25) is 0 Å². The maximum Gasteiger partial charge on any atom is 0.225 e. The average molecular weight is 295 g/mol. The molecule has 1 saturated heterocycles. The number of nitrogens with zero attached hydrogens (tertiary/aromatic N) is 3. The van der Waals surface area contributed by atoms with Gasteiger partial charge in [0.25, 0.3) is 0 Å². The van der Waals surface area contributed by atoms with E-state index in [0.29, 0.717) is 0 Å². The van der Waals surface area contributed by atoms with Crippen molar-refractivity contribution in [2.24, 2.45) is 0 Å². The molecule has 4 rings (SSSR count). The van der Waals surface area contributed by atoms with Gasteiger partial charge < -0.3 is 14.4 Å². The van der Waals surface area contributed by atoms with Crippen molar-refractivity contribution in [2.75, 3.05) is 18.0 Å². The van der Waals surface area contributed by atoms with Gasteiger partial charge in [0.15, 0.2) is 0 Å². The molecular weight excluding hydrogens is 278 g/mol. The van der Waals surface area contributed by atoms with Crippen LogP contribution >= 0.6 is 0 Å². The third kappa shape index (κ3) is 2.44. The molecule has 1 aliphatic rings. The van der Waals surface area contributed by atoms with Crippen molar-refractivity contribution in [3.8, 4) is 11.1 Å². The third-order valence-electron chi connectivity index (χ3n) is 4.17. The van der Waals surface area contributed by atoms with E-state index in [1.165, 1.54) is 0 Å². The molecule has 1 N–H and O–H groups in total. The quantitative estimate of drug-likeness (QED) is 0.787. The zero-order valence-electron chi connectivity index (χ0n) is 12.1. The predicted molar refractivity (Wildman–Crippen MR) is 84.7 cm³/mol. The first kappa shape index (κ1) is 13.3. The zero-order valence-corrected chi connectivity index (χ0v) is 12.1. The lowest BCUT2D eigenvalue weighted by Gasteiger charge is -2.29. The summed E-state index contributed by atoms with van der Waals surface area (Å²) < 4.78 is 5.36. The highest BCUT2D eigenvalue weighted by molar-refractivity contribution is 5.83. The van der Waals surface area contributed by atoms with Crippen LogP contribution in [0, 0.1) is 0 Å². The molecule has 0 amide bonds. The summed E-state index contributed by atoms with van der Waals surface area (Å²) in [4.78, 5) is 11.1. The molecule has 0 unspecified atom stereocenters. The Kier molecular flexibility index (Phi) is 3.27.